The van der Waals surface area contributed by atoms with E-state index in [-0.39, 0.29) is 24.5 Å². The summed E-state index contributed by atoms with van der Waals surface area (Å²) in [5.74, 6) is -0.341. The van der Waals surface area contributed by atoms with E-state index >= 15 is 0 Å². The molecule has 31 heavy (non-hydrogen) atoms. The first-order valence-electron chi connectivity index (χ1n) is 9.67. The van der Waals surface area contributed by atoms with Crippen molar-refractivity contribution in [1.82, 2.24) is 9.78 Å². The van der Waals surface area contributed by atoms with Crippen LogP contribution >= 0.6 is 23.2 Å². The van der Waals surface area contributed by atoms with E-state index in [1.54, 1.807) is 55.5 Å². The lowest BCUT2D eigenvalue weighted by Crippen LogP contribution is -2.27. The van der Waals surface area contributed by atoms with Gasteiger partial charge in [0.2, 0.25) is 0 Å². The molecule has 0 amide bonds. The minimum atomic E-state index is -0.519. The van der Waals surface area contributed by atoms with Crippen LogP contribution in [0.2, 0.25) is 10.0 Å². The molecule has 0 spiro atoms. The van der Waals surface area contributed by atoms with E-state index in [1.165, 1.54) is 4.68 Å². The van der Waals surface area contributed by atoms with E-state index in [0.29, 0.717) is 45.5 Å². The summed E-state index contributed by atoms with van der Waals surface area (Å²) < 4.78 is 6.15. The fourth-order valence-corrected chi connectivity index (χ4v) is 3.39. The summed E-state index contributed by atoms with van der Waals surface area (Å²) in [6.45, 7) is 2.21. The number of rotatable bonds is 7. The highest BCUT2D eigenvalue weighted by Crippen LogP contribution is 2.33. The van der Waals surface area contributed by atoms with Crippen molar-refractivity contribution < 1.29 is 9.53 Å². The maximum atomic E-state index is 13.0. The predicted molar refractivity (Wildman–Crippen MR) is 120 cm³/mol. The van der Waals surface area contributed by atoms with Gasteiger partial charge in [-0.15, -0.1) is 0 Å². The minimum Gasteiger partial charge on any atom is -0.466 e. The molecule has 0 saturated heterocycles. The molecular formula is C23H19Cl2N3O3. The Morgan fingerprint density at radius 1 is 1.06 bits per heavy atom. The molecule has 1 aromatic heterocycles. The summed E-state index contributed by atoms with van der Waals surface area (Å²) in [4.78, 5) is 24.6. The third kappa shape index (κ3) is 5.32. The van der Waals surface area contributed by atoms with Crippen LogP contribution in [0, 0.1) is 11.3 Å². The first-order chi connectivity index (χ1) is 14.9. The number of benzene rings is 2. The normalized spacial score (nSPS) is 10.5. The molecule has 3 rings (SSSR count). The Morgan fingerprint density at radius 3 is 2.19 bits per heavy atom. The van der Waals surface area contributed by atoms with Gasteiger partial charge in [0.25, 0.3) is 5.56 Å². The Balaban J connectivity index is 2.13. The standard InChI is InChI=1S/C23H19Cl2N3O3/c1-2-31-20(29)4-3-13-28-23(30)19(14-26)21(15-5-9-17(24)10-6-15)22(27-28)16-7-11-18(25)12-8-16/h5-12H,2-4,13H2,1H3. The number of esters is 1. The molecule has 0 N–H and O–H groups in total. The maximum absolute atomic E-state index is 13.0. The van der Waals surface area contributed by atoms with Gasteiger partial charge in [0, 0.05) is 34.1 Å². The molecule has 158 valence electrons. The molecule has 0 aliphatic rings. The lowest BCUT2D eigenvalue weighted by Gasteiger charge is -2.15. The Bertz CT molecular complexity index is 1180. The van der Waals surface area contributed by atoms with Crippen LogP contribution in [-0.4, -0.2) is 22.4 Å². The number of carbonyl (C=O) groups is 1. The van der Waals surface area contributed by atoms with E-state index < -0.39 is 5.56 Å². The van der Waals surface area contributed by atoms with Crippen LogP contribution < -0.4 is 5.56 Å². The molecule has 0 aliphatic carbocycles. The first kappa shape index (κ1) is 22.5. The van der Waals surface area contributed by atoms with Gasteiger partial charge in [-0.05, 0) is 43.2 Å². The quantitative estimate of drug-likeness (QED) is 0.462. The largest absolute Gasteiger partial charge is 0.466 e. The van der Waals surface area contributed by atoms with Gasteiger partial charge in [-0.25, -0.2) is 4.68 Å². The molecule has 0 fully saturated rings. The first-order valence-corrected chi connectivity index (χ1v) is 10.4. The maximum Gasteiger partial charge on any atom is 0.305 e. The van der Waals surface area contributed by atoms with Crippen molar-refractivity contribution >= 4 is 29.2 Å². The second-order valence-electron chi connectivity index (χ2n) is 6.66. The minimum absolute atomic E-state index is 0.0293. The fraction of sp³-hybridized carbons (Fsp3) is 0.217. The van der Waals surface area contributed by atoms with Crippen molar-refractivity contribution in [2.24, 2.45) is 0 Å². The average molecular weight is 456 g/mol. The molecule has 2 aromatic carbocycles. The monoisotopic (exact) mass is 455 g/mol. The van der Waals surface area contributed by atoms with Crippen LogP contribution in [0.1, 0.15) is 25.3 Å². The van der Waals surface area contributed by atoms with Crippen LogP contribution in [0.3, 0.4) is 0 Å². The molecule has 0 aliphatic heterocycles. The number of ether oxygens (including phenoxy) is 1. The molecule has 1 heterocycles. The lowest BCUT2D eigenvalue weighted by atomic mass is 9.96. The van der Waals surface area contributed by atoms with Crippen LogP contribution in [0.15, 0.2) is 53.3 Å². The third-order valence-corrected chi connectivity index (χ3v) is 5.08. The van der Waals surface area contributed by atoms with Crippen molar-refractivity contribution in [1.29, 1.82) is 5.26 Å². The number of halogens is 2. The molecule has 0 saturated carbocycles. The second kappa shape index (κ2) is 10.3. The van der Waals surface area contributed by atoms with E-state index in [0.717, 1.165) is 0 Å². The molecule has 0 bridgehead atoms. The molecule has 0 atom stereocenters. The average Bonchev–Trinajstić information content (AvgIpc) is 2.76. The van der Waals surface area contributed by atoms with Gasteiger partial charge in [-0.2, -0.15) is 10.4 Å². The smallest absolute Gasteiger partial charge is 0.305 e. The van der Waals surface area contributed by atoms with E-state index in [2.05, 4.69) is 5.10 Å². The zero-order valence-electron chi connectivity index (χ0n) is 16.8. The lowest BCUT2D eigenvalue weighted by molar-refractivity contribution is -0.143. The number of aryl methyl sites for hydroxylation is 1. The number of carbonyl (C=O) groups excluding carboxylic acids is 1. The Kier molecular flexibility index (Phi) is 7.45. The van der Waals surface area contributed by atoms with Gasteiger partial charge in [0.15, 0.2) is 0 Å². The van der Waals surface area contributed by atoms with Gasteiger partial charge < -0.3 is 4.74 Å². The number of nitriles is 1. The highest BCUT2D eigenvalue weighted by atomic mass is 35.5. The number of hydrogen-bond donors (Lipinski definition) is 0. The molecule has 6 nitrogen and oxygen atoms in total. The predicted octanol–water partition coefficient (Wildman–Crippen LogP) is 5.10. The van der Waals surface area contributed by atoms with E-state index in [4.69, 9.17) is 27.9 Å². The highest BCUT2D eigenvalue weighted by Gasteiger charge is 2.20. The van der Waals surface area contributed by atoms with Gasteiger partial charge in [-0.3, -0.25) is 9.59 Å². The Labute approximate surface area is 189 Å². The zero-order valence-corrected chi connectivity index (χ0v) is 18.3. The molecule has 0 radical (unpaired) electrons. The Hall–Kier alpha value is -3.14. The summed E-state index contributed by atoms with van der Waals surface area (Å²) in [5.41, 5.74) is 1.69. The van der Waals surface area contributed by atoms with Crippen molar-refractivity contribution in [3.05, 3.63) is 74.5 Å². The molecular weight excluding hydrogens is 437 g/mol. The Morgan fingerprint density at radius 2 is 1.65 bits per heavy atom. The van der Waals surface area contributed by atoms with Crippen molar-refractivity contribution in [3.8, 4) is 28.5 Å². The van der Waals surface area contributed by atoms with Crippen molar-refractivity contribution in [2.45, 2.75) is 26.3 Å². The van der Waals surface area contributed by atoms with E-state index in [1.807, 2.05) is 6.07 Å². The summed E-state index contributed by atoms with van der Waals surface area (Å²) in [6.07, 6.45) is 0.510. The topological polar surface area (TPSA) is 85.0 Å². The summed E-state index contributed by atoms with van der Waals surface area (Å²) in [7, 11) is 0. The van der Waals surface area contributed by atoms with Gasteiger partial charge in [0.05, 0.1) is 6.61 Å². The molecule has 3 aromatic rings. The number of aromatic nitrogens is 2. The SMILES string of the molecule is CCOC(=O)CCCn1nc(-c2ccc(Cl)cc2)c(-c2ccc(Cl)cc2)c(C#N)c1=O. The second-order valence-corrected chi connectivity index (χ2v) is 7.53. The van der Waals surface area contributed by atoms with Crippen LogP contribution in [0.5, 0.6) is 0 Å². The fourth-order valence-electron chi connectivity index (χ4n) is 3.14. The summed E-state index contributed by atoms with van der Waals surface area (Å²) in [6, 6.07) is 15.9. The van der Waals surface area contributed by atoms with Crippen LogP contribution in [0.4, 0.5) is 0 Å². The summed E-state index contributed by atoms with van der Waals surface area (Å²) >= 11 is 12.0. The van der Waals surface area contributed by atoms with Gasteiger partial charge >= 0.3 is 5.97 Å². The van der Waals surface area contributed by atoms with E-state index in [9.17, 15) is 14.9 Å². The van der Waals surface area contributed by atoms with Crippen LogP contribution in [-0.2, 0) is 16.1 Å². The van der Waals surface area contributed by atoms with Crippen molar-refractivity contribution in [2.75, 3.05) is 6.61 Å². The van der Waals surface area contributed by atoms with Crippen molar-refractivity contribution in [3.63, 3.8) is 0 Å². The highest BCUT2D eigenvalue weighted by molar-refractivity contribution is 6.31. The number of hydrogen-bond acceptors (Lipinski definition) is 5. The van der Waals surface area contributed by atoms with Crippen LogP contribution in [0.25, 0.3) is 22.4 Å². The van der Waals surface area contributed by atoms with Gasteiger partial charge in [0.1, 0.15) is 17.3 Å². The van der Waals surface area contributed by atoms with Gasteiger partial charge in [-0.1, -0.05) is 47.5 Å². The third-order valence-electron chi connectivity index (χ3n) is 4.57. The number of nitrogens with zero attached hydrogens (tertiary/aromatic N) is 3. The molecule has 8 heteroatoms. The summed E-state index contributed by atoms with van der Waals surface area (Å²) in [5, 5.41) is 15.5. The molecule has 0 unspecified atom stereocenters. The zero-order chi connectivity index (χ0) is 22.4.